The van der Waals surface area contributed by atoms with Crippen molar-refractivity contribution in [1.82, 2.24) is 0 Å². The highest BCUT2D eigenvalue weighted by Gasteiger charge is 2.65. The maximum Gasteiger partial charge on any atom is 0.331 e. The van der Waals surface area contributed by atoms with Crippen molar-refractivity contribution in [2.75, 3.05) is 6.61 Å². The molecule has 2 saturated heterocycles. The van der Waals surface area contributed by atoms with Crippen LogP contribution in [0, 0.1) is 28.6 Å². The van der Waals surface area contributed by atoms with Gasteiger partial charge in [-0.1, -0.05) is 20.8 Å². The van der Waals surface area contributed by atoms with Gasteiger partial charge in [0.05, 0.1) is 30.0 Å². The normalized spacial score (nSPS) is 53.2. The number of ether oxygens (including phenoxy) is 5. The van der Waals surface area contributed by atoms with Crippen molar-refractivity contribution >= 4 is 5.97 Å². The van der Waals surface area contributed by atoms with Crippen LogP contribution < -0.4 is 0 Å². The lowest BCUT2D eigenvalue weighted by atomic mass is 9.49. The van der Waals surface area contributed by atoms with Gasteiger partial charge in [-0.05, 0) is 100 Å². The van der Waals surface area contributed by atoms with Crippen molar-refractivity contribution < 1.29 is 48.9 Å². The fourth-order valence-electron chi connectivity index (χ4n) is 10.1. The van der Waals surface area contributed by atoms with Gasteiger partial charge < -0.3 is 44.1 Å². The summed E-state index contributed by atoms with van der Waals surface area (Å²) in [5, 5.41) is 44.1. The van der Waals surface area contributed by atoms with E-state index in [1.54, 1.807) is 19.9 Å². The number of aliphatic hydroxyl groups excluding tert-OH is 3. The van der Waals surface area contributed by atoms with Crippen LogP contribution in [0.2, 0.25) is 0 Å². The molecule has 4 N–H and O–H groups in total. The third-order valence-electron chi connectivity index (χ3n) is 13.0. The Labute approximate surface area is 261 Å². The van der Waals surface area contributed by atoms with E-state index in [1.807, 2.05) is 0 Å². The van der Waals surface area contributed by atoms with Gasteiger partial charge in [0, 0.05) is 17.9 Å². The van der Waals surface area contributed by atoms with Crippen LogP contribution in [0.15, 0.2) is 11.6 Å². The maximum absolute atomic E-state index is 12.3. The van der Waals surface area contributed by atoms with Gasteiger partial charge in [0.1, 0.15) is 24.9 Å². The first-order valence-corrected chi connectivity index (χ1v) is 17.0. The van der Waals surface area contributed by atoms with Crippen LogP contribution in [0.5, 0.6) is 0 Å². The van der Waals surface area contributed by atoms with Crippen LogP contribution in [0.25, 0.3) is 0 Å². The molecule has 13 atom stereocenters. The molecular weight excluding hydrogens is 568 g/mol. The third kappa shape index (κ3) is 5.59. The highest BCUT2D eigenvalue weighted by molar-refractivity contribution is 5.85. The number of carbonyl (C=O) groups is 1. The standard InChI is InChI=1S/C34H54O10/c1-18-23(10-14-33(5)24(11-15-34(18,33)39)21-16-26(36)40-17-21)32(4)12-8-22(9-13-32)43-31-29(38)28(37)30(20(3)42-31)44-27-7-6-25(35)19(2)41-27/h16,18-20,22-25,27-31,35,37-39H,6-15,17H2,1-5H3/t18-,19+,20?,22?,23?,24-,25+,27-,28-,29+,30?,31?,32?,33?,34+/m1/s1. The molecule has 3 aliphatic heterocycles. The molecule has 6 rings (SSSR count). The molecule has 10 heteroatoms. The van der Waals surface area contributed by atoms with Crippen molar-refractivity contribution in [3.63, 3.8) is 0 Å². The van der Waals surface area contributed by atoms with E-state index >= 15 is 0 Å². The predicted molar refractivity (Wildman–Crippen MR) is 159 cm³/mol. The number of hydrogen-bond donors (Lipinski definition) is 4. The summed E-state index contributed by atoms with van der Waals surface area (Å²) in [6.45, 7) is 10.8. The first-order valence-electron chi connectivity index (χ1n) is 17.0. The lowest BCUT2D eigenvalue weighted by Crippen LogP contribution is -2.60. The van der Waals surface area contributed by atoms with E-state index < -0.39 is 48.7 Å². The van der Waals surface area contributed by atoms with Gasteiger partial charge in [-0.2, -0.15) is 0 Å². The molecule has 0 aromatic rings. The summed E-state index contributed by atoms with van der Waals surface area (Å²) >= 11 is 0. The molecule has 3 saturated carbocycles. The molecule has 5 unspecified atom stereocenters. The molecule has 0 bridgehead atoms. The Morgan fingerprint density at radius 2 is 1.57 bits per heavy atom. The third-order valence-corrected chi connectivity index (χ3v) is 13.0. The number of cyclic esters (lactones) is 1. The lowest BCUT2D eigenvalue weighted by Gasteiger charge is -2.58. The van der Waals surface area contributed by atoms with Crippen LogP contribution in [-0.4, -0.2) is 93.9 Å². The molecule has 0 amide bonds. The van der Waals surface area contributed by atoms with E-state index in [2.05, 4.69) is 20.8 Å². The number of carbonyl (C=O) groups excluding carboxylic acids is 1. The largest absolute Gasteiger partial charge is 0.458 e. The van der Waals surface area contributed by atoms with Crippen LogP contribution in [0.1, 0.15) is 98.8 Å². The highest BCUT2D eigenvalue weighted by Crippen LogP contribution is 2.66. The summed E-state index contributed by atoms with van der Waals surface area (Å²) in [5.74, 6) is 0.414. The minimum Gasteiger partial charge on any atom is -0.458 e. The van der Waals surface area contributed by atoms with Crippen molar-refractivity contribution in [2.24, 2.45) is 28.6 Å². The molecule has 0 spiro atoms. The van der Waals surface area contributed by atoms with E-state index in [0.29, 0.717) is 25.4 Å². The van der Waals surface area contributed by atoms with Gasteiger partial charge in [0.15, 0.2) is 12.6 Å². The molecule has 6 aliphatic rings. The monoisotopic (exact) mass is 622 g/mol. The first-order chi connectivity index (χ1) is 20.8. The van der Waals surface area contributed by atoms with Crippen molar-refractivity contribution in [1.29, 1.82) is 0 Å². The Morgan fingerprint density at radius 3 is 2.23 bits per heavy atom. The molecule has 3 heterocycles. The van der Waals surface area contributed by atoms with Gasteiger partial charge in [-0.25, -0.2) is 4.79 Å². The molecule has 10 nitrogen and oxygen atoms in total. The Morgan fingerprint density at radius 1 is 0.841 bits per heavy atom. The van der Waals surface area contributed by atoms with Crippen molar-refractivity contribution in [3.8, 4) is 0 Å². The topological polar surface area (TPSA) is 144 Å². The predicted octanol–water partition coefficient (Wildman–Crippen LogP) is 3.37. The zero-order valence-electron chi connectivity index (χ0n) is 27.0. The zero-order valence-corrected chi connectivity index (χ0v) is 27.0. The number of hydrogen-bond acceptors (Lipinski definition) is 10. The Bertz CT molecular complexity index is 1090. The summed E-state index contributed by atoms with van der Waals surface area (Å²) in [6.07, 6.45) is 3.57. The quantitative estimate of drug-likeness (QED) is 0.326. The minimum atomic E-state index is -1.26. The van der Waals surface area contributed by atoms with Gasteiger partial charge in [-0.15, -0.1) is 0 Å². The van der Waals surface area contributed by atoms with Crippen LogP contribution in [-0.2, 0) is 28.5 Å². The average molecular weight is 623 g/mol. The second-order valence-corrected chi connectivity index (χ2v) is 15.4. The summed E-state index contributed by atoms with van der Waals surface area (Å²) in [5.41, 5.74) is 0.0525. The fourth-order valence-corrected chi connectivity index (χ4v) is 10.1. The molecule has 0 radical (unpaired) electrons. The lowest BCUT2D eigenvalue weighted by molar-refractivity contribution is -0.337. The molecular formula is C34H54O10. The molecule has 44 heavy (non-hydrogen) atoms. The Balaban J connectivity index is 1.04. The summed E-state index contributed by atoms with van der Waals surface area (Å²) in [7, 11) is 0. The number of aliphatic hydroxyl groups is 4. The SMILES string of the molecule is CC1OC(OC2CCC(C)(C3CCC4(C)[C@@H](C5=CC(=O)OC5)CC[C@]4(O)[C@@H]3C)CC2)[C@@H](O)[C@@H](O)C1O[C@@H]1CC[C@H](O)[C@H](C)O1. The van der Waals surface area contributed by atoms with Gasteiger partial charge in [0.25, 0.3) is 0 Å². The van der Waals surface area contributed by atoms with E-state index in [-0.39, 0.29) is 40.8 Å². The van der Waals surface area contributed by atoms with E-state index in [9.17, 15) is 25.2 Å². The van der Waals surface area contributed by atoms with E-state index in [4.69, 9.17) is 23.7 Å². The van der Waals surface area contributed by atoms with Crippen LogP contribution >= 0.6 is 0 Å². The minimum absolute atomic E-state index is 0.0582. The van der Waals surface area contributed by atoms with Gasteiger partial charge in [0.2, 0.25) is 0 Å². The zero-order chi connectivity index (χ0) is 31.6. The highest BCUT2D eigenvalue weighted by atomic mass is 16.7. The molecule has 5 fully saturated rings. The summed E-state index contributed by atoms with van der Waals surface area (Å²) in [6, 6.07) is 0. The molecule has 0 aromatic heterocycles. The van der Waals surface area contributed by atoms with E-state index in [1.165, 1.54) is 0 Å². The second-order valence-electron chi connectivity index (χ2n) is 15.4. The first kappa shape index (κ1) is 32.8. The van der Waals surface area contributed by atoms with Gasteiger partial charge >= 0.3 is 5.97 Å². The number of rotatable bonds is 6. The van der Waals surface area contributed by atoms with Gasteiger partial charge in [-0.3, -0.25) is 0 Å². The van der Waals surface area contributed by atoms with Crippen molar-refractivity contribution in [3.05, 3.63) is 11.6 Å². The van der Waals surface area contributed by atoms with Crippen LogP contribution in [0.4, 0.5) is 0 Å². The molecule has 250 valence electrons. The van der Waals surface area contributed by atoms with Crippen molar-refractivity contribution in [2.45, 2.75) is 160 Å². The number of fused-ring (bicyclic) bond motifs is 1. The van der Waals surface area contributed by atoms with E-state index in [0.717, 1.165) is 56.9 Å². The second kappa shape index (κ2) is 12.2. The smallest absolute Gasteiger partial charge is 0.331 e. The summed E-state index contributed by atoms with van der Waals surface area (Å²) < 4.78 is 29.3. The summed E-state index contributed by atoms with van der Waals surface area (Å²) in [4.78, 5) is 11.8. The average Bonchev–Trinajstić information content (AvgIpc) is 3.53. The Kier molecular flexibility index (Phi) is 9.07. The van der Waals surface area contributed by atoms with Crippen LogP contribution in [0.3, 0.4) is 0 Å². The molecule has 0 aromatic carbocycles. The number of esters is 1. The molecule has 3 aliphatic carbocycles. The fraction of sp³-hybridized carbons (Fsp3) is 0.912. The Hall–Kier alpha value is -1.11. The maximum atomic E-state index is 12.3.